The molecular weight excluding hydrogens is 348 g/mol. The summed E-state index contributed by atoms with van der Waals surface area (Å²) in [6.07, 6.45) is 12.7. The lowest BCUT2D eigenvalue weighted by Crippen LogP contribution is -2.53. The van der Waals surface area contributed by atoms with Gasteiger partial charge in [-0.05, 0) is 56.1 Å². The number of benzene rings is 1. The lowest BCUT2D eigenvalue weighted by molar-refractivity contribution is -0.145. The minimum atomic E-state index is 0.0556. The first-order valence-electron chi connectivity index (χ1n) is 11.0. The third kappa shape index (κ3) is 4.31. The predicted molar refractivity (Wildman–Crippen MR) is 111 cm³/mol. The second-order valence-corrected chi connectivity index (χ2v) is 8.63. The molecule has 0 aromatic heterocycles. The van der Waals surface area contributed by atoms with Crippen molar-refractivity contribution in [2.45, 2.75) is 57.4 Å². The highest BCUT2D eigenvalue weighted by Gasteiger charge is 2.38. The summed E-state index contributed by atoms with van der Waals surface area (Å²) < 4.78 is 0. The van der Waals surface area contributed by atoms with Gasteiger partial charge in [-0.15, -0.1) is 0 Å². The summed E-state index contributed by atoms with van der Waals surface area (Å²) in [6, 6.07) is 10.4. The minimum Gasteiger partial charge on any atom is -0.339 e. The van der Waals surface area contributed by atoms with Crippen LogP contribution in [0.15, 0.2) is 36.4 Å². The maximum atomic E-state index is 13.2. The van der Waals surface area contributed by atoms with Gasteiger partial charge >= 0.3 is 0 Å². The van der Waals surface area contributed by atoms with E-state index in [0.29, 0.717) is 25.0 Å². The van der Waals surface area contributed by atoms with Crippen molar-refractivity contribution in [3.8, 4) is 0 Å². The zero-order chi connectivity index (χ0) is 19.3. The smallest absolute Gasteiger partial charge is 0.246 e. The van der Waals surface area contributed by atoms with Gasteiger partial charge in [0.1, 0.15) is 0 Å². The molecule has 1 aromatic rings. The number of nitrogens with zero attached hydrogens (tertiary/aromatic N) is 2. The fourth-order valence-corrected chi connectivity index (χ4v) is 5.32. The van der Waals surface area contributed by atoms with Crippen LogP contribution in [-0.4, -0.2) is 47.3 Å². The average Bonchev–Trinajstić information content (AvgIpc) is 2.77. The van der Waals surface area contributed by atoms with Gasteiger partial charge in [-0.2, -0.15) is 0 Å². The van der Waals surface area contributed by atoms with Crippen LogP contribution in [0.3, 0.4) is 0 Å². The molecule has 3 fully saturated rings. The molecule has 4 heteroatoms. The van der Waals surface area contributed by atoms with Gasteiger partial charge < -0.3 is 9.80 Å². The van der Waals surface area contributed by atoms with Crippen molar-refractivity contribution >= 4 is 17.9 Å². The predicted octanol–water partition coefficient (Wildman–Crippen LogP) is 4.12. The molecule has 1 aromatic carbocycles. The topological polar surface area (TPSA) is 40.6 Å². The van der Waals surface area contributed by atoms with Gasteiger partial charge in [0.15, 0.2) is 0 Å². The number of hydrogen-bond acceptors (Lipinski definition) is 2. The molecule has 2 saturated heterocycles. The van der Waals surface area contributed by atoms with Crippen molar-refractivity contribution in [1.29, 1.82) is 0 Å². The number of piperidine rings is 2. The van der Waals surface area contributed by atoms with Gasteiger partial charge in [0, 0.05) is 37.7 Å². The van der Waals surface area contributed by atoms with E-state index in [1.165, 1.54) is 32.1 Å². The van der Waals surface area contributed by atoms with E-state index in [0.717, 1.165) is 37.3 Å². The van der Waals surface area contributed by atoms with Crippen LogP contribution in [0.2, 0.25) is 0 Å². The van der Waals surface area contributed by atoms with Crippen LogP contribution in [0.5, 0.6) is 0 Å². The standard InChI is InChI=1S/C24H32N2O2/c27-23(13-12-19-7-2-1-3-8-19)25-17-14-21(15-18-25)24(28)26-16-6-10-20-9-4-5-11-22(20)26/h1-3,7-8,12-13,20-22H,4-6,9-11,14-18H2/b13-12+/t20-,22-/m0/s1. The first kappa shape index (κ1) is 19.2. The van der Waals surface area contributed by atoms with Crippen LogP contribution in [0.1, 0.15) is 56.9 Å². The maximum absolute atomic E-state index is 13.2. The summed E-state index contributed by atoms with van der Waals surface area (Å²) >= 11 is 0. The molecule has 28 heavy (non-hydrogen) atoms. The molecule has 0 N–H and O–H groups in total. The molecule has 0 radical (unpaired) electrons. The summed E-state index contributed by atoms with van der Waals surface area (Å²) in [6.45, 7) is 2.32. The maximum Gasteiger partial charge on any atom is 0.246 e. The van der Waals surface area contributed by atoms with Gasteiger partial charge in [0.2, 0.25) is 11.8 Å². The number of likely N-dealkylation sites (tertiary alicyclic amines) is 2. The van der Waals surface area contributed by atoms with Gasteiger partial charge in [-0.25, -0.2) is 0 Å². The van der Waals surface area contributed by atoms with Crippen molar-refractivity contribution in [3.63, 3.8) is 0 Å². The van der Waals surface area contributed by atoms with E-state index in [1.807, 2.05) is 41.3 Å². The highest BCUT2D eigenvalue weighted by Crippen LogP contribution is 2.36. The average molecular weight is 381 g/mol. The van der Waals surface area contributed by atoms with E-state index >= 15 is 0 Å². The van der Waals surface area contributed by atoms with Gasteiger partial charge in [-0.3, -0.25) is 9.59 Å². The van der Waals surface area contributed by atoms with E-state index in [1.54, 1.807) is 6.08 Å². The lowest BCUT2D eigenvalue weighted by atomic mass is 9.77. The number of fused-ring (bicyclic) bond motifs is 1. The van der Waals surface area contributed by atoms with E-state index in [-0.39, 0.29) is 11.8 Å². The summed E-state index contributed by atoms with van der Waals surface area (Å²) in [5, 5.41) is 0. The molecule has 150 valence electrons. The Bertz CT molecular complexity index is 705. The molecule has 0 bridgehead atoms. The first-order valence-corrected chi connectivity index (χ1v) is 11.0. The molecule has 0 unspecified atom stereocenters. The quantitative estimate of drug-likeness (QED) is 0.740. The molecule has 2 aliphatic heterocycles. The fourth-order valence-electron chi connectivity index (χ4n) is 5.32. The Kier molecular flexibility index (Phi) is 6.13. The summed E-state index contributed by atoms with van der Waals surface area (Å²) in [7, 11) is 0. The minimum absolute atomic E-state index is 0.0556. The van der Waals surface area contributed by atoms with E-state index in [9.17, 15) is 9.59 Å². The van der Waals surface area contributed by atoms with Crippen LogP contribution < -0.4 is 0 Å². The second-order valence-electron chi connectivity index (χ2n) is 8.63. The Hall–Kier alpha value is -2.10. The van der Waals surface area contributed by atoms with Crippen LogP contribution in [0, 0.1) is 11.8 Å². The molecule has 2 amide bonds. The molecule has 3 aliphatic rings. The Morgan fingerprint density at radius 1 is 0.857 bits per heavy atom. The van der Waals surface area contributed by atoms with Crippen LogP contribution in [-0.2, 0) is 9.59 Å². The first-order chi connectivity index (χ1) is 13.7. The number of hydrogen-bond donors (Lipinski definition) is 0. The molecule has 4 nitrogen and oxygen atoms in total. The molecule has 1 saturated carbocycles. The van der Waals surface area contributed by atoms with Gasteiger partial charge in [0.25, 0.3) is 0 Å². The largest absolute Gasteiger partial charge is 0.339 e. The van der Waals surface area contributed by atoms with Gasteiger partial charge in [-0.1, -0.05) is 43.2 Å². The molecule has 2 atom stereocenters. The summed E-state index contributed by atoms with van der Waals surface area (Å²) in [5.74, 6) is 1.25. The van der Waals surface area contributed by atoms with Crippen molar-refractivity contribution < 1.29 is 9.59 Å². The zero-order valence-electron chi connectivity index (χ0n) is 16.8. The highest BCUT2D eigenvalue weighted by atomic mass is 16.2. The van der Waals surface area contributed by atoms with Crippen molar-refractivity contribution in [3.05, 3.63) is 42.0 Å². The SMILES string of the molecule is O=C(/C=C/c1ccccc1)N1CCC(C(=O)N2CCC[C@@H]3CCCC[C@@H]32)CC1. The second kappa shape index (κ2) is 8.93. The summed E-state index contributed by atoms with van der Waals surface area (Å²) in [5.41, 5.74) is 1.04. The fraction of sp³-hybridized carbons (Fsp3) is 0.583. The number of rotatable bonds is 3. The summed E-state index contributed by atoms with van der Waals surface area (Å²) in [4.78, 5) is 29.8. The van der Waals surface area contributed by atoms with E-state index < -0.39 is 0 Å². The monoisotopic (exact) mass is 380 g/mol. The lowest BCUT2D eigenvalue weighted by Gasteiger charge is -2.46. The number of carbonyl (C=O) groups excluding carboxylic acids is 2. The van der Waals surface area contributed by atoms with Crippen molar-refractivity contribution in [2.24, 2.45) is 11.8 Å². The normalized spacial score (nSPS) is 26.3. The van der Waals surface area contributed by atoms with E-state index in [2.05, 4.69) is 4.90 Å². The third-order valence-corrected chi connectivity index (χ3v) is 6.90. The van der Waals surface area contributed by atoms with Crippen LogP contribution >= 0.6 is 0 Å². The van der Waals surface area contributed by atoms with Crippen LogP contribution in [0.4, 0.5) is 0 Å². The van der Waals surface area contributed by atoms with Crippen molar-refractivity contribution in [1.82, 2.24) is 9.80 Å². The Labute approximate surface area is 168 Å². The molecule has 1 aliphatic carbocycles. The Morgan fingerprint density at radius 3 is 2.36 bits per heavy atom. The Balaban J connectivity index is 1.30. The molecule has 0 spiro atoms. The number of amides is 2. The van der Waals surface area contributed by atoms with Crippen LogP contribution in [0.25, 0.3) is 6.08 Å². The molecular formula is C24H32N2O2. The third-order valence-electron chi connectivity index (χ3n) is 6.90. The molecule has 4 rings (SSSR count). The van der Waals surface area contributed by atoms with Gasteiger partial charge in [0.05, 0.1) is 0 Å². The van der Waals surface area contributed by atoms with Crippen molar-refractivity contribution in [2.75, 3.05) is 19.6 Å². The zero-order valence-corrected chi connectivity index (χ0v) is 16.8. The number of carbonyl (C=O) groups is 2. The Morgan fingerprint density at radius 2 is 1.57 bits per heavy atom. The van der Waals surface area contributed by atoms with E-state index in [4.69, 9.17) is 0 Å². The molecule has 2 heterocycles. The highest BCUT2D eigenvalue weighted by molar-refractivity contribution is 5.92.